The van der Waals surface area contributed by atoms with Gasteiger partial charge in [-0.3, -0.25) is 9.10 Å². The van der Waals surface area contributed by atoms with Gasteiger partial charge in [0.1, 0.15) is 24.7 Å². The highest BCUT2D eigenvalue weighted by atomic mass is 35.5. The highest BCUT2D eigenvalue weighted by Gasteiger charge is 2.27. The molecule has 0 spiro atoms. The molecule has 0 atom stereocenters. The molecule has 1 amide bonds. The van der Waals surface area contributed by atoms with Crippen molar-refractivity contribution in [3.05, 3.63) is 96.0 Å². The summed E-state index contributed by atoms with van der Waals surface area (Å²) in [5.74, 6) is 0.543. The van der Waals surface area contributed by atoms with Crippen LogP contribution >= 0.6 is 11.6 Å². The van der Waals surface area contributed by atoms with Gasteiger partial charge in [0.05, 0.1) is 23.9 Å². The lowest BCUT2D eigenvalue weighted by molar-refractivity contribution is -0.119. The molecule has 0 radical (unpaired) electrons. The predicted molar refractivity (Wildman–Crippen MR) is 137 cm³/mol. The Labute approximate surface area is 209 Å². The zero-order valence-corrected chi connectivity index (χ0v) is 20.5. The number of carbonyl (C=O) groups is 1. The summed E-state index contributed by atoms with van der Waals surface area (Å²) >= 11 is 6.08. The van der Waals surface area contributed by atoms with Crippen molar-refractivity contribution >= 4 is 39.4 Å². The molecule has 0 fully saturated rings. The van der Waals surface area contributed by atoms with Crippen molar-refractivity contribution in [1.82, 2.24) is 5.43 Å². The lowest BCUT2D eigenvalue weighted by Crippen LogP contribution is -2.39. The molecular weight excluding hydrogens is 490 g/mol. The van der Waals surface area contributed by atoms with Gasteiger partial charge in [-0.15, -0.1) is 0 Å². The van der Waals surface area contributed by atoms with Gasteiger partial charge in [0.15, 0.2) is 0 Å². The average molecular weight is 514 g/mol. The number of nitrogens with zero attached hydrogens (tertiary/aromatic N) is 2. The zero-order chi connectivity index (χ0) is 25.3. The molecule has 0 saturated heterocycles. The fraction of sp³-hybridized carbons (Fsp3) is 0.120. The van der Waals surface area contributed by atoms with Crippen LogP contribution in [0.5, 0.6) is 11.5 Å². The zero-order valence-electron chi connectivity index (χ0n) is 18.9. The Morgan fingerprint density at radius 2 is 1.77 bits per heavy atom. The Morgan fingerprint density at radius 1 is 1.09 bits per heavy atom. The Kier molecular flexibility index (Phi) is 8.88. The van der Waals surface area contributed by atoms with Crippen LogP contribution in [0.3, 0.4) is 0 Å². The molecule has 0 aromatic heterocycles. The summed E-state index contributed by atoms with van der Waals surface area (Å²) in [6.07, 6.45) is 3.09. The molecule has 0 aliphatic carbocycles. The molecule has 3 aromatic rings. The fourth-order valence-corrected chi connectivity index (χ4v) is 4.57. The average Bonchev–Trinajstić information content (AvgIpc) is 2.86. The van der Waals surface area contributed by atoms with Gasteiger partial charge in [-0.05, 0) is 72.3 Å². The standard InChI is InChI=1S/C25H24ClN3O5S/c1-3-15-34-23-9-7-19(8-10-23)17-27-28-25(30)18-29(21-6-4-5-20(26)16-21)35(31,32)24-13-11-22(33-2)12-14-24/h3-14,16-17H,1,15,18H2,2H3,(H,28,30)/b27-17-. The first-order valence-electron chi connectivity index (χ1n) is 10.4. The minimum absolute atomic E-state index is 0.00617. The summed E-state index contributed by atoms with van der Waals surface area (Å²) in [5.41, 5.74) is 3.32. The Hall–Kier alpha value is -3.82. The third kappa shape index (κ3) is 7.08. The predicted octanol–water partition coefficient (Wildman–Crippen LogP) is 4.26. The second-order valence-electron chi connectivity index (χ2n) is 7.13. The maximum absolute atomic E-state index is 13.4. The third-order valence-electron chi connectivity index (χ3n) is 4.68. The van der Waals surface area contributed by atoms with Crippen molar-refractivity contribution in [1.29, 1.82) is 0 Å². The second-order valence-corrected chi connectivity index (χ2v) is 9.43. The lowest BCUT2D eigenvalue weighted by Gasteiger charge is -2.24. The lowest BCUT2D eigenvalue weighted by atomic mass is 10.2. The molecule has 0 bridgehead atoms. The summed E-state index contributed by atoms with van der Waals surface area (Å²) < 4.78 is 38.3. The topological polar surface area (TPSA) is 97.3 Å². The second kappa shape index (κ2) is 12.0. The summed E-state index contributed by atoms with van der Waals surface area (Å²) in [5, 5.41) is 4.26. The maximum atomic E-state index is 13.4. The number of nitrogens with one attached hydrogen (secondary N) is 1. The van der Waals surface area contributed by atoms with Gasteiger partial charge in [0.25, 0.3) is 15.9 Å². The van der Waals surface area contributed by atoms with Crippen molar-refractivity contribution in [2.45, 2.75) is 4.90 Å². The molecule has 35 heavy (non-hydrogen) atoms. The SMILES string of the molecule is C=CCOc1ccc(/C=N\NC(=O)CN(c2cccc(Cl)c2)S(=O)(=O)c2ccc(OC)cc2)cc1. The molecule has 10 heteroatoms. The van der Waals surface area contributed by atoms with E-state index in [0.717, 1.165) is 4.31 Å². The highest BCUT2D eigenvalue weighted by molar-refractivity contribution is 7.92. The van der Waals surface area contributed by atoms with E-state index in [1.54, 1.807) is 48.5 Å². The van der Waals surface area contributed by atoms with Crippen LogP contribution in [-0.2, 0) is 14.8 Å². The van der Waals surface area contributed by atoms with Crippen LogP contribution < -0.4 is 19.2 Å². The minimum atomic E-state index is -4.10. The molecule has 0 aliphatic heterocycles. The summed E-state index contributed by atoms with van der Waals surface area (Å²) in [7, 11) is -2.61. The first-order valence-corrected chi connectivity index (χ1v) is 12.2. The van der Waals surface area contributed by atoms with E-state index in [1.807, 2.05) is 0 Å². The van der Waals surface area contributed by atoms with Crippen LogP contribution in [0.4, 0.5) is 5.69 Å². The van der Waals surface area contributed by atoms with E-state index in [0.29, 0.717) is 28.7 Å². The van der Waals surface area contributed by atoms with Crippen molar-refractivity contribution in [3.63, 3.8) is 0 Å². The van der Waals surface area contributed by atoms with E-state index < -0.39 is 22.5 Å². The smallest absolute Gasteiger partial charge is 0.264 e. The number of hydrazone groups is 1. The first kappa shape index (κ1) is 25.8. The quantitative estimate of drug-likeness (QED) is 0.235. The largest absolute Gasteiger partial charge is 0.497 e. The van der Waals surface area contributed by atoms with Gasteiger partial charge in [-0.2, -0.15) is 5.10 Å². The van der Waals surface area contributed by atoms with Gasteiger partial charge in [0, 0.05) is 5.02 Å². The number of benzene rings is 3. The molecule has 1 N–H and O–H groups in total. The van der Waals surface area contributed by atoms with Gasteiger partial charge in [0.2, 0.25) is 0 Å². The van der Waals surface area contributed by atoms with Crippen LogP contribution in [0.1, 0.15) is 5.56 Å². The van der Waals surface area contributed by atoms with Crippen molar-refractivity contribution < 1.29 is 22.7 Å². The maximum Gasteiger partial charge on any atom is 0.264 e. The van der Waals surface area contributed by atoms with E-state index in [4.69, 9.17) is 21.1 Å². The monoisotopic (exact) mass is 513 g/mol. The van der Waals surface area contributed by atoms with E-state index in [9.17, 15) is 13.2 Å². The Balaban J connectivity index is 1.76. The number of halogens is 1. The van der Waals surface area contributed by atoms with Crippen LogP contribution in [0.15, 0.2) is 95.4 Å². The van der Waals surface area contributed by atoms with Gasteiger partial charge < -0.3 is 9.47 Å². The fourth-order valence-electron chi connectivity index (χ4n) is 2.97. The molecule has 3 aromatic carbocycles. The van der Waals surface area contributed by atoms with E-state index in [-0.39, 0.29) is 10.6 Å². The van der Waals surface area contributed by atoms with Crippen LogP contribution in [0.2, 0.25) is 5.02 Å². The number of sulfonamides is 1. The Morgan fingerprint density at radius 3 is 2.40 bits per heavy atom. The molecule has 8 nitrogen and oxygen atoms in total. The van der Waals surface area contributed by atoms with Crippen LogP contribution in [-0.4, -0.2) is 40.8 Å². The van der Waals surface area contributed by atoms with Gasteiger partial charge in [-0.25, -0.2) is 13.8 Å². The number of rotatable bonds is 11. The number of carbonyl (C=O) groups excluding carboxylic acids is 1. The normalized spacial score (nSPS) is 11.1. The summed E-state index contributed by atoms with van der Waals surface area (Å²) in [6.45, 7) is 3.48. The minimum Gasteiger partial charge on any atom is -0.497 e. The Bertz CT molecular complexity index is 1290. The highest BCUT2D eigenvalue weighted by Crippen LogP contribution is 2.27. The summed E-state index contributed by atoms with van der Waals surface area (Å²) in [6, 6.07) is 19.2. The first-order chi connectivity index (χ1) is 16.8. The van der Waals surface area contributed by atoms with Crippen LogP contribution in [0, 0.1) is 0 Å². The van der Waals surface area contributed by atoms with E-state index >= 15 is 0 Å². The van der Waals surface area contributed by atoms with Crippen LogP contribution in [0.25, 0.3) is 0 Å². The van der Waals surface area contributed by atoms with Gasteiger partial charge in [-0.1, -0.05) is 30.3 Å². The van der Waals surface area contributed by atoms with Gasteiger partial charge >= 0.3 is 0 Å². The number of hydrogen-bond acceptors (Lipinski definition) is 6. The molecule has 0 saturated carbocycles. The van der Waals surface area contributed by atoms with E-state index in [1.165, 1.54) is 43.7 Å². The molecule has 3 rings (SSSR count). The number of amides is 1. The summed E-state index contributed by atoms with van der Waals surface area (Å²) in [4.78, 5) is 12.6. The number of anilines is 1. The van der Waals surface area contributed by atoms with Crippen molar-refractivity contribution in [3.8, 4) is 11.5 Å². The van der Waals surface area contributed by atoms with Crippen molar-refractivity contribution in [2.75, 3.05) is 24.6 Å². The number of ether oxygens (including phenoxy) is 2. The molecule has 0 aliphatic rings. The molecular formula is C25H24ClN3O5S. The number of hydrogen-bond donors (Lipinski definition) is 1. The molecule has 0 unspecified atom stereocenters. The van der Waals surface area contributed by atoms with Crippen molar-refractivity contribution in [2.24, 2.45) is 5.10 Å². The third-order valence-corrected chi connectivity index (χ3v) is 6.70. The van der Waals surface area contributed by atoms with E-state index in [2.05, 4.69) is 17.1 Å². The molecule has 182 valence electrons. The molecule has 0 heterocycles. The number of methoxy groups -OCH3 is 1.